The second-order valence-electron chi connectivity index (χ2n) is 9.37. The van der Waals surface area contributed by atoms with E-state index in [2.05, 4.69) is 11.2 Å². The molecule has 166 valence electrons. The van der Waals surface area contributed by atoms with Gasteiger partial charge in [0.25, 0.3) is 11.8 Å². The van der Waals surface area contributed by atoms with Crippen LogP contribution in [0.5, 0.6) is 0 Å². The third-order valence-corrected chi connectivity index (χ3v) is 5.43. The van der Waals surface area contributed by atoms with Crippen LogP contribution in [-0.4, -0.2) is 60.1 Å². The molecule has 0 aromatic rings. The van der Waals surface area contributed by atoms with Gasteiger partial charge in [0.2, 0.25) is 5.91 Å². The summed E-state index contributed by atoms with van der Waals surface area (Å²) in [7, 11) is 0. The molecular formula is C23H34N2O5. The molecule has 7 nitrogen and oxygen atoms in total. The lowest BCUT2D eigenvalue weighted by Crippen LogP contribution is -2.48. The Morgan fingerprint density at radius 3 is 2.30 bits per heavy atom. The first-order valence-corrected chi connectivity index (χ1v) is 10.6. The molecule has 0 aromatic carbocycles. The number of ether oxygens (including phenoxy) is 2. The average Bonchev–Trinajstić information content (AvgIpc) is 2.98. The zero-order chi connectivity index (χ0) is 22.4. The summed E-state index contributed by atoms with van der Waals surface area (Å²) in [4.78, 5) is 37.3. The zero-order valence-electron chi connectivity index (χ0n) is 18.5. The van der Waals surface area contributed by atoms with Crippen LogP contribution in [0.2, 0.25) is 0 Å². The van der Waals surface area contributed by atoms with Crippen LogP contribution < -0.4 is 5.32 Å². The molecule has 1 fully saturated rings. The molecular weight excluding hydrogens is 384 g/mol. The second kappa shape index (κ2) is 10.2. The van der Waals surface area contributed by atoms with Gasteiger partial charge in [-0.3, -0.25) is 19.3 Å². The maximum atomic E-state index is 12.6. The number of nitrogens with one attached hydrogen (secondary N) is 1. The highest BCUT2D eigenvalue weighted by molar-refractivity contribution is 6.12. The number of terminal acetylenes is 1. The van der Waals surface area contributed by atoms with Crippen molar-refractivity contribution in [2.45, 2.75) is 64.6 Å². The predicted octanol–water partition coefficient (Wildman–Crippen LogP) is 2.06. The lowest BCUT2D eigenvalue weighted by Gasteiger charge is -2.36. The van der Waals surface area contributed by atoms with E-state index in [1.807, 2.05) is 27.7 Å². The van der Waals surface area contributed by atoms with Crippen LogP contribution in [0, 0.1) is 24.2 Å². The fourth-order valence-corrected chi connectivity index (χ4v) is 4.09. The lowest BCUT2D eigenvalue weighted by molar-refractivity contribution is -0.151. The van der Waals surface area contributed by atoms with Crippen molar-refractivity contribution in [2.24, 2.45) is 11.8 Å². The fourth-order valence-electron chi connectivity index (χ4n) is 4.09. The minimum atomic E-state index is -0.556. The van der Waals surface area contributed by atoms with E-state index in [1.54, 1.807) is 0 Å². The highest BCUT2D eigenvalue weighted by Crippen LogP contribution is 2.30. The number of carbonyl (C=O) groups excluding carboxylic acids is 3. The zero-order valence-corrected chi connectivity index (χ0v) is 18.5. The maximum Gasteiger partial charge on any atom is 0.253 e. The number of hydrogen-bond donors (Lipinski definition) is 1. The number of imide groups is 1. The monoisotopic (exact) mass is 418 g/mol. The van der Waals surface area contributed by atoms with Gasteiger partial charge in [0.05, 0.1) is 17.8 Å². The van der Waals surface area contributed by atoms with E-state index in [0.717, 1.165) is 25.7 Å². The van der Waals surface area contributed by atoms with Crippen molar-refractivity contribution in [3.8, 4) is 12.3 Å². The molecule has 0 atom stereocenters. The van der Waals surface area contributed by atoms with Gasteiger partial charge in [-0.25, -0.2) is 0 Å². The average molecular weight is 419 g/mol. The van der Waals surface area contributed by atoms with Crippen LogP contribution in [0.15, 0.2) is 12.2 Å². The molecule has 7 heteroatoms. The van der Waals surface area contributed by atoms with Gasteiger partial charge in [-0.1, -0.05) is 5.92 Å². The third-order valence-electron chi connectivity index (χ3n) is 5.43. The second-order valence-corrected chi connectivity index (χ2v) is 9.37. The topological polar surface area (TPSA) is 84.9 Å². The summed E-state index contributed by atoms with van der Waals surface area (Å²) in [5.41, 5.74) is -1.08. The molecule has 0 radical (unpaired) electrons. The molecule has 30 heavy (non-hydrogen) atoms. The minimum Gasteiger partial charge on any atom is -0.366 e. The smallest absolute Gasteiger partial charge is 0.253 e. The quantitative estimate of drug-likeness (QED) is 0.333. The Bertz CT molecular complexity index is 694. The van der Waals surface area contributed by atoms with E-state index in [1.165, 1.54) is 17.1 Å². The standard InChI is InChI=1S/C23H34N2O5/c1-6-13-29-16-23(4,5)30-22(2,3)15-24-21(28)18-9-7-17(8-10-18)14-25-19(26)11-12-20(25)27/h1,11-12,17-18H,7-10,13-16H2,2-5H3,(H,24,28). The molecule has 2 rings (SSSR count). The van der Waals surface area contributed by atoms with Crippen molar-refractivity contribution in [3.05, 3.63) is 12.2 Å². The lowest BCUT2D eigenvalue weighted by atomic mass is 9.81. The number of nitrogens with zero attached hydrogens (tertiary/aromatic N) is 1. The Balaban J connectivity index is 1.73. The first kappa shape index (κ1) is 24.1. The number of rotatable bonds is 10. The summed E-state index contributed by atoms with van der Waals surface area (Å²) in [6, 6.07) is 0. The molecule has 1 saturated carbocycles. The Morgan fingerprint density at radius 1 is 1.13 bits per heavy atom. The van der Waals surface area contributed by atoms with E-state index in [0.29, 0.717) is 19.7 Å². The van der Waals surface area contributed by atoms with Crippen LogP contribution >= 0.6 is 0 Å². The maximum absolute atomic E-state index is 12.6. The summed E-state index contributed by atoms with van der Waals surface area (Å²) in [5.74, 6) is 2.19. The fraction of sp³-hybridized carbons (Fsp3) is 0.696. The van der Waals surface area contributed by atoms with Gasteiger partial charge >= 0.3 is 0 Å². The first-order valence-electron chi connectivity index (χ1n) is 10.6. The molecule has 0 saturated heterocycles. The largest absolute Gasteiger partial charge is 0.366 e. The van der Waals surface area contributed by atoms with Crippen molar-refractivity contribution < 1.29 is 23.9 Å². The predicted molar refractivity (Wildman–Crippen MR) is 113 cm³/mol. The van der Waals surface area contributed by atoms with Crippen molar-refractivity contribution in [1.82, 2.24) is 10.2 Å². The van der Waals surface area contributed by atoms with Crippen LogP contribution in [0.3, 0.4) is 0 Å². The Kier molecular flexibility index (Phi) is 8.22. The summed E-state index contributed by atoms with van der Waals surface area (Å²) in [6.07, 6.45) is 11.0. The molecule has 0 spiro atoms. The van der Waals surface area contributed by atoms with Gasteiger partial charge in [-0.15, -0.1) is 6.42 Å². The molecule has 0 bridgehead atoms. The van der Waals surface area contributed by atoms with Crippen LogP contribution in [0.25, 0.3) is 0 Å². The number of carbonyl (C=O) groups is 3. The molecule has 0 aromatic heterocycles. The summed E-state index contributed by atoms with van der Waals surface area (Å²) in [5, 5.41) is 3.02. The first-order chi connectivity index (χ1) is 14.0. The Morgan fingerprint density at radius 2 is 1.73 bits per heavy atom. The highest BCUT2D eigenvalue weighted by atomic mass is 16.6. The Labute approximate surface area is 179 Å². The van der Waals surface area contributed by atoms with Crippen LogP contribution in [-0.2, 0) is 23.9 Å². The number of hydrogen-bond acceptors (Lipinski definition) is 5. The number of amides is 3. The molecule has 1 aliphatic heterocycles. The van der Waals surface area contributed by atoms with E-state index < -0.39 is 11.2 Å². The van der Waals surface area contributed by atoms with Gasteiger partial charge < -0.3 is 14.8 Å². The molecule has 1 heterocycles. The van der Waals surface area contributed by atoms with Gasteiger partial charge in [0.1, 0.15) is 6.61 Å². The van der Waals surface area contributed by atoms with Crippen molar-refractivity contribution in [3.63, 3.8) is 0 Å². The minimum absolute atomic E-state index is 0.0292. The van der Waals surface area contributed by atoms with Crippen LogP contribution in [0.1, 0.15) is 53.4 Å². The Hall–Kier alpha value is -2.17. The van der Waals surface area contributed by atoms with Gasteiger partial charge in [-0.05, 0) is 59.3 Å². The summed E-state index contributed by atoms with van der Waals surface area (Å²) < 4.78 is 11.5. The van der Waals surface area contributed by atoms with Crippen molar-refractivity contribution >= 4 is 17.7 Å². The van der Waals surface area contributed by atoms with Gasteiger partial charge in [0.15, 0.2) is 0 Å². The van der Waals surface area contributed by atoms with Gasteiger partial charge in [-0.2, -0.15) is 0 Å². The molecule has 0 unspecified atom stereocenters. The van der Waals surface area contributed by atoms with Gasteiger partial charge in [0, 0.05) is 31.2 Å². The molecule has 2 aliphatic rings. The SMILES string of the molecule is C#CCOCC(C)(C)OC(C)(C)CNC(=O)C1CCC(CN2C(=O)C=CC2=O)CC1. The molecule has 1 N–H and O–H groups in total. The summed E-state index contributed by atoms with van der Waals surface area (Å²) in [6.45, 7) is 9.18. The summed E-state index contributed by atoms with van der Waals surface area (Å²) >= 11 is 0. The van der Waals surface area contributed by atoms with E-state index in [9.17, 15) is 14.4 Å². The van der Waals surface area contributed by atoms with E-state index in [-0.39, 0.29) is 36.2 Å². The molecule has 3 amide bonds. The van der Waals surface area contributed by atoms with Crippen LogP contribution in [0.4, 0.5) is 0 Å². The normalized spacial score (nSPS) is 22.3. The van der Waals surface area contributed by atoms with E-state index in [4.69, 9.17) is 15.9 Å². The molecule has 1 aliphatic carbocycles. The third kappa shape index (κ3) is 7.26. The van der Waals surface area contributed by atoms with Crippen molar-refractivity contribution in [2.75, 3.05) is 26.3 Å². The van der Waals surface area contributed by atoms with Crippen molar-refractivity contribution in [1.29, 1.82) is 0 Å². The highest BCUT2D eigenvalue weighted by Gasteiger charge is 2.33. The van der Waals surface area contributed by atoms with E-state index >= 15 is 0 Å².